The number of carboxylic acid groups (broad SMARTS) is 1. The topological polar surface area (TPSA) is 243 Å². The van der Waals surface area contributed by atoms with Gasteiger partial charge in [0.15, 0.2) is 0 Å². The third-order valence-electron chi connectivity index (χ3n) is 5.97. The number of phenolic OH excluding ortho intramolecular Hbond substituents is 1. The van der Waals surface area contributed by atoms with Gasteiger partial charge in [-0.25, -0.2) is 9.78 Å². The Kier molecular flexibility index (Phi) is 12.1. The zero-order chi connectivity index (χ0) is 29.8. The number of imidazole rings is 1. The summed E-state index contributed by atoms with van der Waals surface area (Å²) < 4.78 is 0. The molecule has 4 atom stereocenters. The molecule has 0 aliphatic carbocycles. The van der Waals surface area contributed by atoms with Gasteiger partial charge in [0.05, 0.1) is 12.4 Å². The quantitative estimate of drug-likeness (QED) is 0.127. The summed E-state index contributed by atoms with van der Waals surface area (Å²) in [5.74, 6) is -4.19. The summed E-state index contributed by atoms with van der Waals surface area (Å²) in [5.41, 5.74) is 12.3. The highest BCUT2D eigenvalue weighted by Gasteiger charge is 2.31. The van der Waals surface area contributed by atoms with Gasteiger partial charge in [-0.05, 0) is 36.5 Å². The van der Waals surface area contributed by atoms with Crippen molar-refractivity contribution in [2.75, 3.05) is 0 Å². The van der Waals surface area contributed by atoms with Crippen molar-refractivity contribution in [1.82, 2.24) is 25.9 Å². The molecule has 14 nitrogen and oxygen atoms in total. The van der Waals surface area contributed by atoms with E-state index in [1.54, 1.807) is 12.1 Å². The highest BCUT2D eigenvalue weighted by atomic mass is 16.4. The van der Waals surface area contributed by atoms with Crippen LogP contribution in [0, 0.1) is 5.92 Å². The third-order valence-corrected chi connectivity index (χ3v) is 5.97. The fourth-order valence-corrected chi connectivity index (χ4v) is 3.87. The van der Waals surface area contributed by atoms with Crippen molar-refractivity contribution in [2.45, 2.75) is 70.1 Å². The largest absolute Gasteiger partial charge is 0.508 e. The number of hydrogen-bond acceptors (Lipinski definition) is 8. The number of aromatic nitrogens is 2. The third kappa shape index (κ3) is 10.7. The van der Waals surface area contributed by atoms with Crippen molar-refractivity contribution in [2.24, 2.45) is 17.4 Å². The number of phenols is 1. The molecule has 0 saturated heterocycles. The molecule has 218 valence electrons. The van der Waals surface area contributed by atoms with Gasteiger partial charge in [-0.15, -0.1) is 0 Å². The number of carboxylic acids is 1. The second-order valence-electron chi connectivity index (χ2n) is 9.91. The number of hydrogen-bond donors (Lipinski definition) is 8. The average Bonchev–Trinajstić information content (AvgIpc) is 3.39. The molecule has 0 radical (unpaired) electrons. The number of nitrogens with one attached hydrogen (secondary N) is 4. The van der Waals surface area contributed by atoms with Crippen molar-refractivity contribution < 1.29 is 34.2 Å². The number of aromatic amines is 1. The number of aliphatic carboxylic acids is 1. The number of carbonyl (C=O) groups is 5. The Morgan fingerprint density at radius 3 is 2.08 bits per heavy atom. The molecule has 0 fully saturated rings. The van der Waals surface area contributed by atoms with Crippen LogP contribution in [0.5, 0.6) is 5.75 Å². The average molecular weight is 560 g/mol. The Hall–Kier alpha value is -4.46. The Labute approximate surface area is 231 Å². The highest BCUT2D eigenvalue weighted by molar-refractivity contribution is 5.94. The van der Waals surface area contributed by atoms with E-state index in [1.165, 1.54) is 24.7 Å². The second kappa shape index (κ2) is 15.2. The number of carbonyl (C=O) groups excluding carboxylic acids is 4. The molecule has 10 N–H and O–H groups in total. The summed E-state index contributed by atoms with van der Waals surface area (Å²) in [6.45, 7) is 3.71. The van der Waals surface area contributed by atoms with E-state index in [-0.39, 0.29) is 43.8 Å². The van der Waals surface area contributed by atoms with Crippen molar-refractivity contribution >= 4 is 29.6 Å². The SMILES string of the molecule is CC(C)CC(NC(=O)C(N)Cc1cnc[nH]1)C(=O)NC(Cc1ccc(O)cc1)C(=O)NC(CCC(N)=O)C(=O)O. The fourth-order valence-electron chi connectivity index (χ4n) is 3.87. The number of nitrogens with two attached hydrogens (primary N) is 2. The van der Waals surface area contributed by atoms with E-state index >= 15 is 0 Å². The molecule has 0 aliphatic rings. The normalized spacial score (nSPS) is 14.0. The van der Waals surface area contributed by atoms with Gasteiger partial charge in [-0.1, -0.05) is 26.0 Å². The lowest BCUT2D eigenvalue weighted by atomic mass is 10.00. The monoisotopic (exact) mass is 559 g/mol. The molecule has 4 unspecified atom stereocenters. The predicted octanol–water partition coefficient (Wildman–Crippen LogP) is -0.922. The number of nitrogens with zero attached hydrogens (tertiary/aromatic N) is 1. The molecule has 4 amide bonds. The Morgan fingerprint density at radius 1 is 0.925 bits per heavy atom. The van der Waals surface area contributed by atoms with E-state index < -0.39 is 53.8 Å². The first-order valence-corrected chi connectivity index (χ1v) is 12.8. The summed E-state index contributed by atoms with van der Waals surface area (Å²) in [7, 11) is 0. The van der Waals surface area contributed by atoms with Crippen LogP contribution >= 0.6 is 0 Å². The molecule has 1 aromatic heterocycles. The molecule has 0 saturated carbocycles. The first-order chi connectivity index (χ1) is 18.8. The van der Waals surface area contributed by atoms with E-state index in [9.17, 15) is 34.2 Å². The summed E-state index contributed by atoms with van der Waals surface area (Å²) >= 11 is 0. The molecule has 0 bridgehead atoms. The lowest BCUT2D eigenvalue weighted by Gasteiger charge is -2.26. The van der Waals surface area contributed by atoms with Crippen molar-refractivity contribution in [3.05, 3.63) is 48.0 Å². The van der Waals surface area contributed by atoms with Crippen LogP contribution < -0.4 is 27.4 Å². The van der Waals surface area contributed by atoms with E-state index in [0.29, 0.717) is 11.3 Å². The van der Waals surface area contributed by atoms with E-state index in [4.69, 9.17) is 11.5 Å². The van der Waals surface area contributed by atoms with Gasteiger partial charge in [-0.3, -0.25) is 19.2 Å². The summed E-state index contributed by atoms with van der Waals surface area (Å²) in [6.07, 6.45) is 2.82. The Morgan fingerprint density at radius 2 is 1.52 bits per heavy atom. The van der Waals surface area contributed by atoms with Gasteiger partial charge in [0.1, 0.15) is 23.9 Å². The molecule has 14 heteroatoms. The zero-order valence-electron chi connectivity index (χ0n) is 22.4. The van der Waals surface area contributed by atoms with Gasteiger partial charge >= 0.3 is 5.97 Å². The molecule has 0 aliphatic heterocycles. The van der Waals surface area contributed by atoms with Crippen molar-refractivity contribution in [3.8, 4) is 5.75 Å². The van der Waals surface area contributed by atoms with Crippen molar-refractivity contribution in [3.63, 3.8) is 0 Å². The lowest BCUT2D eigenvalue weighted by Crippen LogP contribution is -2.58. The smallest absolute Gasteiger partial charge is 0.326 e. The minimum atomic E-state index is -1.43. The lowest BCUT2D eigenvalue weighted by molar-refractivity contribution is -0.142. The molecule has 1 aromatic carbocycles. The summed E-state index contributed by atoms with van der Waals surface area (Å²) in [6, 6.07) is 1.21. The van der Waals surface area contributed by atoms with Gasteiger partial charge in [-0.2, -0.15) is 0 Å². The van der Waals surface area contributed by atoms with E-state index in [1.807, 2.05) is 13.8 Å². The molecular formula is C26H37N7O7. The first kappa shape index (κ1) is 31.8. The number of rotatable bonds is 16. The minimum Gasteiger partial charge on any atom is -0.508 e. The maximum Gasteiger partial charge on any atom is 0.326 e. The van der Waals surface area contributed by atoms with Crippen LogP contribution in [0.15, 0.2) is 36.8 Å². The molecule has 2 rings (SSSR count). The Balaban J connectivity index is 2.22. The van der Waals surface area contributed by atoms with Crippen molar-refractivity contribution in [1.29, 1.82) is 0 Å². The Bertz CT molecular complexity index is 1150. The standard InChI is InChI=1S/C26H37N7O7/c1-14(2)9-20(32-23(36)18(27)11-16-12-29-13-30-16)24(37)33-21(10-15-3-5-17(34)6-4-15)25(38)31-19(26(39)40)7-8-22(28)35/h3-6,12-14,18-21,34H,7-11,27H2,1-2H3,(H2,28,35)(H,29,30)(H,31,38)(H,32,36)(H,33,37)(H,39,40). The number of amides is 4. The van der Waals surface area contributed by atoms with E-state index in [2.05, 4.69) is 25.9 Å². The molecule has 0 spiro atoms. The number of benzene rings is 1. The van der Waals surface area contributed by atoms with Gasteiger partial charge in [0.2, 0.25) is 23.6 Å². The first-order valence-electron chi connectivity index (χ1n) is 12.8. The van der Waals surface area contributed by atoms with Gasteiger partial charge in [0.25, 0.3) is 0 Å². The number of primary amides is 1. The highest BCUT2D eigenvalue weighted by Crippen LogP contribution is 2.13. The molecule has 40 heavy (non-hydrogen) atoms. The fraction of sp³-hybridized carbons (Fsp3) is 0.462. The minimum absolute atomic E-state index is 0.00245. The summed E-state index contributed by atoms with van der Waals surface area (Å²) in [5, 5.41) is 26.7. The predicted molar refractivity (Wildman–Crippen MR) is 143 cm³/mol. The van der Waals surface area contributed by atoms with E-state index in [0.717, 1.165) is 0 Å². The number of H-pyrrole nitrogens is 1. The van der Waals surface area contributed by atoms with Crippen LogP contribution in [0.1, 0.15) is 44.4 Å². The van der Waals surface area contributed by atoms with Gasteiger partial charge in [0, 0.05) is 31.2 Å². The van der Waals surface area contributed by atoms with Crippen LogP contribution in [0.25, 0.3) is 0 Å². The molecule has 2 aromatic rings. The summed E-state index contributed by atoms with van der Waals surface area (Å²) in [4.78, 5) is 68.9. The maximum absolute atomic E-state index is 13.4. The van der Waals surface area contributed by atoms with Crippen LogP contribution in [0.2, 0.25) is 0 Å². The van der Waals surface area contributed by atoms with Crippen LogP contribution in [-0.2, 0) is 36.8 Å². The molecule has 1 heterocycles. The number of aromatic hydroxyl groups is 1. The van der Waals surface area contributed by atoms with Gasteiger partial charge < -0.3 is 42.6 Å². The van der Waals surface area contributed by atoms with Crippen LogP contribution in [0.4, 0.5) is 0 Å². The maximum atomic E-state index is 13.4. The van der Waals surface area contributed by atoms with Crippen LogP contribution in [-0.4, -0.2) is 73.9 Å². The zero-order valence-corrected chi connectivity index (χ0v) is 22.4. The molecular weight excluding hydrogens is 522 g/mol. The van der Waals surface area contributed by atoms with Crippen LogP contribution in [0.3, 0.4) is 0 Å². The second-order valence-corrected chi connectivity index (χ2v) is 9.91.